The van der Waals surface area contributed by atoms with Gasteiger partial charge < -0.3 is 30.4 Å². The second-order valence-electron chi connectivity index (χ2n) is 5.76. The summed E-state index contributed by atoms with van der Waals surface area (Å²) in [6, 6.07) is 10.3. The number of anilines is 1. The lowest BCUT2D eigenvalue weighted by Crippen LogP contribution is -2.35. The van der Waals surface area contributed by atoms with Crippen molar-refractivity contribution in [1.82, 2.24) is 5.32 Å². The number of amides is 1. The largest absolute Gasteiger partial charge is 0.491 e. The summed E-state index contributed by atoms with van der Waals surface area (Å²) in [6.07, 6.45) is -0.851. The Labute approximate surface area is 145 Å². The molecule has 0 bridgehead atoms. The van der Waals surface area contributed by atoms with Crippen LogP contribution in [-0.4, -0.2) is 37.1 Å². The minimum absolute atomic E-state index is 0.0375. The van der Waals surface area contributed by atoms with Crippen LogP contribution in [-0.2, 0) is 0 Å². The van der Waals surface area contributed by atoms with Gasteiger partial charge in [0, 0.05) is 23.9 Å². The third-order valence-corrected chi connectivity index (χ3v) is 3.79. The quantitative estimate of drug-likeness (QED) is 0.686. The number of nitrogens with two attached hydrogens (primary N) is 1. The molecule has 2 aromatic rings. The van der Waals surface area contributed by atoms with E-state index in [0.717, 1.165) is 5.56 Å². The van der Waals surface area contributed by atoms with Gasteiger partial charge in [-0.3, -0.25) is 4.79 Å². The summed E-state index contributed by atoms with van der Waals surface area (Å²) >= 11 is 0. The predicted molar refractivity (Wildman–Crippen MR) is 92.0 cm³/mol. The van der Waals surface area contributed by atoms with Crippen molar-refractivity contribution in [1.29, 1.82) is 0 Å². The topological polar surface area (TPSA) is 103 Å². The number of rotatable bonds is 6. The molecule has 0 saturated heterocycles. The number of carbonyl (C=O) groups excluding carboxylic acids is 1. The van der Waals surface area contributed by atoms with Gasteiger partial charge in [-0.25, -0.2) is 0 Å². The van der Waals surface area contributed by atoms with E-state index in [1.54, 1.807) is 36.4 Å². The van der Waals surface area contributed by atoms with Gasteiger partial charge in [-0.2, -0.15) is 0 Å². The Morgan fingerprint density at radius 1 is 1.28 bits per heavy atom. The summed E-state index contributed by atoms with van der Waals surface area (Å²) in [4.78, 5) is 12.2. The Bertz CT molecular complexity index is 778. The van der Waals surface area contributed by atoms with Gasteiger partial charge in [-0.05, 0) is 36.8 Å². The fraction of sp³-hybridized carbons (Fsp3) is 0.278. The van der Waals surface area contributed by atoms with Crippen molar-refractivity contribution < 1.29 is 24.1 Å². The number of aryl methyl sites for hydroxylation is 1. The molecule has 1 heterocycles. The second kappa shape index (κ2) is 7.31. The highest BCUT2D eigenvalue weighted by Gasteiger charge is 2.15. The number of fused-ring (bicyclic) bond motifs is 1. The summed E-state index contributed by atoms with van der Waals surface area (Å²) in [5.41, 5.74) is 7.53. The third-order valence-electron chi connectivity index (χ3n) is 3.79. The number of hydrogen-bond acceptors (Lipinski definition) is 6. The van der Waals surface area contributed by atoms with Gasteiger partial charge in [-0.1, -0.05) is 6.07 Å². The lowest BCUT2D eigenvalue weighted by Gasteiger charge is -2.14. The van der Waals surface area contributed by atoms with Gasteiger partial charge in [0.25, 0.3) is 5.91 Å². The number of nitrogens with one attached hydrogen (secondary N) is 1. The van der Waals surface area contributed by atoms with Crippen LogP contribution in [0, 0.1) is 6.92 Å². The number of carbonyl (C=O) groups is 1. The van der Waals surface area contributed by atoms with E-state index in [9.17, 15) is 9.90 Å². The molecule has 7 heteroatoms. The van der Waals surface area contributed by atoms with Gasteiger partial charge in [0.05, 0.1) is 0 Å². The monoisotopic (exact) mass is 344 g/mol. The minimum atomic E-state index is -0.851. The molecule has 0 saturated carbocycles. The van der Waals surface area contributed by atoms with Crippen molar-refractivity contribution in [3.63, 3.8) is 0 Å². The number of benzene rings is 2. The Kier molecular flexibility index (Phi) is 4.95. The average Bonchev–Trinajstić information content (AvgIpc) is 3.07. The highest BCUT2D eigenvalue weighted by atomic mass is 16.7. The van der Waals surface area contributed by atoms with Gasteiger partial charge in [0.1, 0.15) is 18.5 Å². The van der Waals surface area contributed by atoms with E-state index in [2.05, 4.69) is 5.32 Å². The predicted octanol–water partition coefficient (Wildman–Crippen LogP) is 1.48. The zero-order valence-electron chi connectivity index (χ0n) is 13.8. The number of nitrogen functional groups attached to an aromatic ring is 1. The molecule has 4 N–H and O–H groups in total. The Hall–Kier alpha value is -2.93. The van der Waals surface area contributed by atoms with Crippen molar-refractivity contribution in [2.45, 2.75) is 13.0 Å². The first-order chi connectivity index (χ1) is 12.0. The molecule has 1 atom stereocenters. The molecule has 1 unspecified atom stereocenters. The Morgan fingerprint density at radius 3 is 2.92 bits per heavy atom. The molecule has 2 aromatic carbocycles. The van der Waals surface area contributed by atoms with Gasteiger partial charge in [0.15, 0.2) is 11.5 Å². The van der Waals surface area contributed by atoms with E-state index in [4.69, 9.17) is 19.9 Å². The molecule has 0 spiro atoms. The summed E-state index contributed by atoms with van der Waals surface area (Å²) in [5, 5.41) is 12.7. The van der Waals surface area contributed by atoms with Crippen LogP contribution in [0.5, 0.6) is 17.2 Å². The maximum Gasteiger partial charge on any atom is 0.251 e. The molecule has 0 radical (unpaired) electrons. The second-order valence-corrected chi connectivity index (χ2v) is 5.76. The molecule has 0 aliphatic carbocycles. The van der Waals surface area contributed by atoms with Crippen molar-refractivity contribution in [3.8, 4) is 17.2 Å². The van der Waals surface area contributed by atoms with Crippen LogP contribution in [0.4, 0.5) is 5.69 Å². The summed E-state index contributed by atoms with van der Waals surface area (Å²) in [5.74, 6) is 1.54. The normalized spacial score (nSPS) is 13.4. The van der Waals surface area contributed by atoms with Crippen LogP contribution >= 0.6 is 0 Å². The molecular formula is C18H20N2O5. The van der Waals surface area contributed by atoms with E-state index >= 15 is 0 Å². The van der Waals surface area contributed by atoms with Crippen LogP contribution in [0.15, 0.2) is 36.4 Å². The molecule has 0 aromatic heterocycles. The van der Waals surface area contributed by atoms with Crippen LogP contribution in [0.25, 0.3) is 0 Å². The number of aliphatic hydroxyl groups is 1. The zero-order valence-corrected chi connectivity index (χ0v) is 13.8. The van der Waals surface area contributed by atoms with Crippen molar-refractivity contribution >= 4 is 11.6 Å². The van der Waals surface area contributed by atoms with E-state index in [1.807, 2.05) is 6.92 Å². The molecule has 25 heavy (non-hydrogen) atoms. The van der Waals surface area contributed by atoms with E-state index in [-0.39, 0.29) is 25.9 Å². The maximum atomic E-state index is 12.2. The molecule has 1 aliphatic rings. The summed E-state index contributed by atoms with van der Waals surface area (Å²) in [6.45, 7) is 2.12. The number of aliphatic hydroxyl groups excluding tert-OH is 1. The van der Waals surface area contributed by atoms with Crippen LogP contribution in [0.2, 0.25) is 0 Å². The van der Waals surface area contributed by atoms with Crippen LogP contribution in [0.3, 0.4) is 0 Å². The van der Waals surface area contributed by atoms with Crippen LogP contribution in [0.1, 0.15) is 15.9 Å². The van der Waals surface area contributed by atoms with E-state index in [0.29, 0.717) is 28.5 Å². The number of ether oxygens (including phenoxy) is 3. The van der Waals surface area contributed by atoms with Crippen molar-refractivity contribution in [2.75, 3.05) is 25.7 Å². The fourth-order valence-electron chi connectivity index (χ4n) is 2.41. The highest BCUT2D eigenvalue weighted by Crippen LogP contribution is 2.35. The van der Waals surface area contributed by atoms with Crippen molar-refractivity contribution in [3.05, 3.63) is 47.5 Å². The van der Waals surface area contributed by atoms with E-state index < -0.39 is 6.10 Å². The first-order valence-electron chi connectivity index (χ1n) is 7.88. The molecule has 7 nitrogen and oxygen atoms in total. The molecule has 3 rings (SSSR count). The van der Waals surface area contributed by atoms with Gasteiger partial charge in [-0.15, -0.1) is 0 Å². The van der Waals surface area contributed by atoms with Gasteiger partial charge >= 0.3 is 0 Å². The average molecular weight is 344 g/mol. The van der Waals surface area contributed by atoms with Gasteiger partial charge in [0.2, 0.25) is 6.79 Å². The van der Waals surface area contributed by atoms with E-state index in [1.165, 1.54) is 0 Å². The maximum absolute atomic E-state index is 12.2. The number of hydrogen-bond donors (Lipinski definition) is 3. The lowest BCUT2D eigenvalue weighted by molar-refractivity contribution is 0.0843. The molecule has 1 amide bonds. The smallest absolute Gasteiger partial charge is 0.251 e. The molecule has 132 valence electrons. The first kappa shape index (κ1) is 16.9. The first-order valence-corrected chi connectivity index (χ1v) is 7.88. The van der Waals surface area contributed by atoms with Crippen molar-refractivity contribution in [2.24, 2.45) is 0 Å². The summed E-state index contributed by atoms with van der Waals surface area (Å²) in [7, 11) is 0. The third kappa shape index (κ3) is 4.13. The Morgan fingerprint density at radius 2 is 2.08 bits per heavy atom. The van der Waals surface area contributed by atoms with Crippen LogP contribution < -0.4 is 25.3 Å². The Balaban J connectivity index is 1.48. The summed E-state index contributed by atoms with van der Waals surface area (Å²) < 4.78 is 16.0. The molecule has 1 aliphatic heterocycles. The highest BCUT2D eigenvalue weighted by molar-refractivity contribution is 5.96. The zero-order chi connectivity index (χ0) is 17.8. The fourth-order valence-corrected chi connectivity index (χ4v) is 2.41. The standard InChI is InChI=1S/C18H20N2O5/c1-11-2-3-12(19)6-15(11)18(22)20-8-13(21)9-23-14-4-5-16-17(7-14)25-10-24-16/h2-7,13,21H,8-10,19H2,1H3,(H,20,22). The lowest BCUT2D eigenvalue weighted by atomic mass is 10.1. The molecule has 0 fully saturated rings. The SMILES string of the molecule is Cc1ccc(N)cc1C(=O)NCC(O)COc1ccc2c(c1)OCO2. The molecular weight excluding hydrogens is 324 g/mol. The minimum Gasteiger partial charge on any atom is -0.491 e.